The van der Waals surface area contributed by atoms with Crippen LogP contribution in [-0.4, -0.2) is 30.5 Å². The van der Waals surface area contributed by atoms with Crippen molar-refractivity contribution in [3.63, 3.8) is 0 Å². The summed E-state index contributed by atoms with van der Waals surface area (Å²) in [4.78, 5) is 12.6. The van der Waals surface area contributed by atoms with Crippen molar-refractivity contribution in [3.8, 4) is 5.69 Å². The summed E-state index contributed by atoms with van der Waals surface area (Å²) in [7, 11) is 1.72. The number of aryl methyl sites for hydroxylation is 1. The lowest BCUT2D eigenvalue weighted by molar-refractivity contribution is 0.102. The molecule has 0 fully saturated rings. The zero-order chi connectivity index (χ0) is 16.6. The van der Waals surface area contributed by atoms with Crippen molar-refractivity contribution in [3.05, 3.63) is 65.5 Å². The molecule has 0 spiro atoms. The Bertz CT molecular complexity index is 867. The highest BCUT2D eigenvalue weighted by atomic mass is 19.1. The molecule has 0 amide bonds. The lowest BCUT2D eigenvalue weighted by Crippen LogP contribution is -2.13. The van der Waals surface area contributed by atoms with E-state index in [-0.39, 0.29) is 17.2 Å². The van der Waals surface area contributed by atoms with E-state index in [0.717, 1.165) is 0 Å². The number of carbonyl (C=O) groups is 1. The molecule has 0 aliphatic rings. The summed E-state index contributed by atoms with van der Waals surface area (Å²) in [5.74, 6) is -0.765. The molecule has 0 saturated carbocycles. The van der Waals surface area contributed by atoms with Gasteiger partial charge in [-0.1, -0.05) is 0 Å². The first-order valence-electron chi connectivity index (χ1n) is 7.03. The first kappa shape index (κ1) is 15.1. The number of rotatable bonds is 4. The normalized spacial score (nSPS) is 12.3. The van der Waals surface area contributed by atoms with Gasteiger partial charge in [0.05, 0.1) is 18.0 Å². The average molecular weight is 314 g/mol. The number of aromatic nitrogens is 4. The van der Waals surface area contributed by atoms with Gasteiger partial charge < -0.3 is 5.11 Å². The lowest BCUT2D eigenvalue weighted by atomic mass is 10.1. The minimum Gasteiger partial charge on any atom is -0.389 e. The zero-order valence-electron chi connectivity index (χ0n) is 12.6. The van der Waals surface area contributed by atoms with Gasteiger partial charge in [-0.05, 0) is 37.3 Å². The summed E-state index contributed by atoms with van der Waals surface area (Å²) < 4.78 is 16.4. The van der Waals surface area contributed by atoms with E-state index in [1.807, 2.05) is 0 Å². The monoisotopic (exact) mass is 314 g/mol. The Hall–Kier alpha value is -2.80. The number of halogens is 1. The maximum atomic E-state index is 13.5. The molecule has 0 aliphatic carbocycles. The van der Waals surface area contributed by atoms with Gasteiger partial charge in [-0.3, -0.25) is 9.48 Å². The van der Waals surface area contributed by atoms with Crippen LogP contribution in [0.5, 0.6) is 0 Å². The van der Waals surface area contributed by atoms with Gasteiger partial charge in [-0.25, -0.2) is 9.07 Å². The Kier molecular flexibility index (Phi) is 3.79. The third-order valence-corrected chi connectivity index (χ3v) is 3.49. The van der Waals surface area contributed by atoms with Crippen molar-refractivity contribution in [1.82, 2.24) is 19.6 Å². The molecule has 6 nitrogen and oxygen atoms in total. The second-order valence-electron chi connectivity index (χ2n) is 5.21. The fraction of sp³-hybridized carbons (Fsp3) is 0.188. The van der Waals surface area contributed by atoms with E-state index in [2.05, 4.69) is 10.2 Å². The summed E-state index contributed by atoms with van der Waals surface area (Å²) in [6, 6.07) is 7.15. The molecule has 3 aromatic rings. The second-order valence-corrected chi connectivity index (χ2v) is 5.21. The molecule has 3 rings (SSSR count). The number of aliphatic hydroxyl groups excluding tert-OH is 1. The molecule has 23 heavy (non-hydrogen) atoms. The van der Waals surface area contributed by atoms with Crippen LogP contribution in [0.3, 0.4) is 0 Å². The Morgan fingerprint density at radius 3 is 2.74 bits per heavy atom. The fourth-order valence-corrected chi connectivity index (χ4v) is 2.39. The van der Waals surface area contributed by atoms with E-state index in [9.17, 15) is 14.3 Å². The molecule has 1 atom stereocenters. The van der Waals surface area contributed by atoms with E-state index in [1.165, 1.54) is 40.7 Å². The maximum absolute atomic E-state index is 13.5. The minimum absolute atomic E-state index is 0.287. The molecule has 2 heterocycles. The average Bonchev–Trinajstić information content (AvgIpc) is 3.15. The van der Waals surface area contributed by atoms with Crippen LogP contribution in [0.25, 0.3) is 5.69 Å². The molecule has 0 bridgehead atoms. The van der Waals surface area contributed by atoms with Crippen LogP contribution < -0.4 is 0 Å². The maximum Gasteiger partial charge on any atom is 0.231 e. The number of nitrogens with zero attached hydrogens (tertiary/aromatic N) is 4. The van der Waals surface area contributed by atoms with Crippen LogP contribution in [0.2, 0.25) is 0 Å². The predicted molar refractivity (Wildman–Crippen MR) is 80.8 cm³/mol. The first-order valence-corrected chi connectivity index (χ1v) is 7.03. The standard InChI is InChI=1S/C16H15FN4O2/c1-10(22)12-9-11(17)3-4-14(12)21-15(5-7-18-21)16(23)13-6-8-20(2)19-13/h3-10,22H,1-2H3. The third-order valence-electron chi connectivity index (χ3n) is 3.49. The Balaban J connectivity index is 2.10. The van der Waals surface area contributed by atoms with Gasteiger partial charge >= 0.3 is 0 Å². The lowest BCUT2D eigenvalue weighted by Gasteiger charge is -2.14. The highest BCUT2D eigenvalue weighted by Crippen LogP contribution is 2.24. The van der Waals surface area contributed by atoms with Gasteiger partial charge in [0.1, 0.15) is 17.2 Å². The minimum atomic E-state index is -0.900. The zero-order valence-corrected chi connectivity index (χ0v) is 12.6. The van der Waals surface area contributed by atoms with Crippen molar-refractivity contribution in [2.45, 2.75) is 13.0 Å². The molecule has 2 aromatic heterocycles. The molecule has 1 N–H and O–H groups in total. The van der Waals surface area contributed by atoms with Crippen LogP contribution in [0.1, 0.15) is 34.8 Å². The first-order chi connectivity index (χ1) is 11.0. The number of aliphatic hydroxyl groups is 1. The van der Waals surface area contributed by atoms with Gasteiger partial charge in [0.25, 0.3) is 0 Å². The Morgan fingerprint density at radius 2 is 2.09 bits per heavy atom. The molecule has 7 heteroatoms. The number of hydrogen-bond donors (Lipinski definition) is 1. The van der Waals surface area contributed by atoms with Crippen LogP contribution in [0, 0.1) is 5.82 Å². The van der Waals surface area contributed by atoms with E-state index >= 15 is 0 Å². The van der Waals surface area contributed by atoms with E-state index < -0.39 is 11.9 Å². The summed E-state index contributed by atoms with van der Waals surface area (Å²) in [5, 5.41) is 18.1. The Morgan fingerprint density at radius 1 is 1.30 bits per heavy atom. The van der Waals surface area contributed by atoms with Crippen LogP contribution >= 0.6 is 0 Å². The van der Waals surface area contributed by atoms with Crippen LogP contribution in [0.4, 0.5) is 4.39 Å². The highest BCUT2D eigenvalue weighted by molar-refractivity contribution is 6.06. The predicted octanol–water partition coefficient (Wildman–Crippen LogP) is 2.03. The van der Waals surface area contributed by atoms with Gasteiger partial charge in [0.15, 0.2) is 0 Å². The quantitative estimate of drug-likeness (QED) is 0.748. The van der Waals surface area contributed by atoms with Crippen LogP contribution in [0.15, 0.2) is 42.7 Å². The van der Waals surface area contributed by atoms with Crippen molar-refractivity contribution in [2.75, 3.05) is 0 Å². The second kappa shape index (κ2) is 5.77. The smallest absolute Gasteiger partial charge is 0.231 e. The fourth-order valence-electron chi connectivity index (χ4n) is 2.39. The molecular weight excluding hydrogens is 299 g/mol. The molecule has 0 saturated heterocycles. The Labute approximate surface area is 131 Å². The highest BCUT2D eigenvalue weighted by Gasteiger charge is 2.20. The van der Waals surface area contributed by atoms with Crippen molar-refractivity contribution < 1.29 is 14.3 Å². The number of ketones is 1. The molecule has 1 aromatic carbocycles. The van der Waals surface area contributed by atoms with Crippen molar-refractivity contribution in [1.29, 1.82) is 0 Å². The number of carbonyl (C=O) groups excluding carboxylic acids is 1. The molecule has 118 valence electrons. The number of benzene rings is 1. The van der Waals surface area contributed by atoms with Gasteiger partial charge in [-0.15, -0.1) is 0 Å². The van der Waals surface area contributed by atoms with Gasteiger partial charge in [-0.2, -0.15) is 10.2 Å². The van der Waals surface area contributed by atoms with Crippen molar-refractivity contribution >= 4 is 5.78 Å². The van der Waals surface area contributed by atoms with E-state index in [0.29, 0.717) is 11.3 Å². The molecule has 1 unspecified atom stereocenters. The molecular formula is C16H15FN4O2. The van der Waals surface area contributed by atoms with Gasteiger partial charge in [0, 0.05) is 18.8 Å². The largest absolute Gasteiger partial charge is 0.389 e. The molecule has 0 radical (unpaired) electrons. The molecule has 0 aliphatic heterocycles. The SMILES string of the molecule is CC(O)c1cc(F)ccc1-n1nccc1C(=O)c1ccn(C)n1. The summed E-state index contributed by atoms with van der Waals surface area (Å²) in [5.41, 5.74) is 1.38. The van der Waals surface area contributed by atoms with E-state index in [4.69, 9.17) is 0 Å². The van der Waals surface area contributed by atoms with Gasteiger partial charge in [0.2, 0.25) is 5.78 Å². The summed E-state index contributed by atoms with van der Waals surface area (Å²) >= 11 is 0. The summed E-state index contributed by atoms with van der Waals surface area (Å²) in [6.07, 6.45) is 2.25. The van der Waals surface area contributed by atoms with Crippen LogP contribution in [-0.2, 0) is 7.05 Å². The summed E-state index contributed by atoms with van der Waals surface area (Å²) in [6.45, 7) is 1.53. The topological polar surface area (TPSA) is 72.9 Å². The van der Waals surface area contributed by atoms with Crippen molar-refractivity contribution in [2.24, 2.45) is 7.05 Å². The third kappa shape index (κ3) is 2.78. The number of hydrogen-bond acceptors (Lipinski definition) is 4. The van der Waals surface area contributed by atoms with E-state index in [1.54, 1.807) is 25.4 Å².